The first-order valence-electron chi connectivity index (χ1n) is 4.50. The standard InChI is InChI=1S/C9H19NO2/c1-4-9(12)10-8(6-11)5-7(2)3/h7-8,11H,4-6H2,1-3H3,(H,10,12)/t8-/m0/s1. The largest absolute Gasteiger partial charge is 0.394 e. The number of hydrogen-bond donors (Lipinski definition) is 2. The highest BCUT2D eigenvalue weighted by Gasteiger charge is 2.11. The maximum absolute atomic E-state index is 10.9. The average molecular weight is 173 g/mol. The van der Waals surface area contributed by atoms with Crippen LogP contribution in [0.15, 0.2) is 0 Å². The van der Waals surface area contributed by atoms with Crippen LogP contribution in [0.5, 0.6) is 0 Å². The lowest BCUT2D eigenvalue weighted by Gasteiger charge is -2.17. The highest BCUT2D eigenvalue weighted by molar-refractivity contribution is 5.75. The van der Waals surface area contributed by atoms with E-state index in [2.05, 4.69) is 19.2 Å². The third-order valence-corrected chi connectivity index (χ3v) is 1.66. The number of rotatable bonds is 5. The van der Waals surface area contributed by atoms with Crippen LogP contribution < -0.4 is 5.32 Å². The van der Waals surface area contributed by atoms with Crippen LogP contribution in [0.4, 0.5) is 0 Å². The summed E-state index contributed by atoms with van der Waals surface area (Å²) >= 11 is 0. The minimum absolute atomic E-state index is 0.00898. The van der Waals surface area contributed by atoms with E-state index in [1.165, 1.54) is 0 Å². The Morgan fingerprint density at radius 2 is 2.08 bits per heavy atom. The molecule has 0 radical (unpaired) electrons. The van der Waals surface area contributed by atoms with Crippen molar-refractivity contribution in [3.63, 3.8) is 0 Å². The molecule has 0 rings (SSSR count). The van der Waals surface area contributed by atoms with Crippen molar-refractivity contribution in [2.45, 2.75) is 39.7 Å². The molecule has 0 saturated carbocycles. The van der Waals surface area contributed by atoms with Crippen LogP contribution in [0.1, 0.15) is 33.6 Å². The monoisotopic (exact) mass is 173 g/mol. The number of aliphatic hydroxyl groups excluding tert-OH is 1. The molecule has 1 amide bonds. The van der Waals surface area contributed by atoms with Gasteiger partial charge in [-0.3, -0.25) is 4.79 Å². The van der Waals surface area contributed by atoms with Crippen molar-refractivity contribution in [1.29, 1.82) is 0 Å². The molecule has 12 heavy (non-hydrogen) atoms. The second kappa shape index (κ2) is 6.00. The van der Waals surface area contributed by atoms with Gasteiger partial charge in [-0.1, -0.05) is 20.8 Å². The summed E-state index contributed by atoms with van der Waals surface area (Å²) in [5.41, 5.74) is 0. The molecule has 0 aromatic heterocycles. The van der Waals surface area contributed by atoms with E-state index in [-0.39, 0.29) is 18.6 Å². The van der Waals surface area contributed by atoms with Crippen LogP contribution in [0, 0.1) is 5.92 Å². The Kier molecular flexibility index (Phi) is 5.72. The average Bonchev–Trinajstić information content (AvgIpc) is 2.02. The number of carbonyl (C=O) groups is 1. The van der Waals surface area contributed by atoms with E-state index < -0.39 is 0 Å². The first-order valence-corrected chi connectivity index (χ1v) is 4.50. The molecule has 0 bridgehead atoms. The minimum atomic E-state index is -0.0718. The molecule has 0 unspecified atom stereocenters. The number of nitrogens with one attached hydrogen (secondary N) is 1. The van der Waals surface area contributed by atoms with E-state index in [0.717, 1.165) is 6.42 Å². The molecule has 0 aromatic rings. The lowest BCUT2D eigenvalue weighted by atomic mass is 10.0. The molecule has 3 heteroatoms. The number of amides is 1. The number of carbonyl (C=O) groups excluding carboxylic acids is 1. The highest BCUT2D eigenvalue weighted by atomic mass is 16.3. The molecule has 0 aliphatic carbocycles. The fraction of sp³-hybridized carbons (Fsp3) is 0.889. The van der Waals surface area contributed by atoms with Crippen molar-refractivity contribution in [1.82, 2.24) is 5.32 Å². The zero-order valence-corrected chi connectivity index (χ0v) is 8.13. The Labute approximate surface area is 74.2 Å². The van der Waals surface area contributed by atoms with Crippen molar-refractivity contribution in [3.8, 4) is 0 Å². The zero-order chi connectivity index (χ0) is 9.56. The van der Waals surface area contributed by atoms with Crippen molar-refractivity contribution in [2.24, 2.45) is 5.92 Å². The van der Waals surface area contributed by atoms with Crippen LogP contribution in [0.2, 0.25) is 0 Å². The predicted molar refractivity (Wildman–Crippen MR) is 48.8 cm³/mol. The summed E-state index contributed by atoms with van der Waals surface area (Å²) in [6.07, 6.45) is 1.32. The van der Waals surface area contributed by atoms with Crippen LogP contribution in [-0.4, -0.2) is 23.7 Å². The van der Waals surface area contributed by atoms with E-state index in [4.69, 9.17) is 5.11 Å². The molecular weight excluding hydrogens is 154 g/mol. The quantitative estimate of drug-likeness (QED) is 0.649. The summed E-state index contributed by atoms with van der Waals surface area (Å²) in [5, 5.41) is 11.7. The molecule has 0 aliphatic heterocycles. The van der Waals surface area contributed by atoms with Gasteiger partial charge in [-0.25, -0.2) is 0 Å². The first kappa shape index (κ1) is 11.4. The van der Waals surface area contributed by atoms with E-state index in [1.54, 1.807) is 6.92 Å². The smallest absolute Gasteiger partial charge is 0.220 e. The number of hydrogen-bond acceptors (Lipinski definition) is 2. The maximum atomic E-state index is 10.9. The van der Waals surface area contributed by atoms with Gasteiger partial charge in [-0.05, 0) is 12.3 Å². The van der Waals surface area contributed by atoms with E-state index >= 15 is 0 Å². The van der Waals surface area contributed by atoms with Crippen molar-refractivity contribution in [2.75, 3.05) is 6.61 Å². The maximum Gasteiger partial charge on any atom is 0.220 e. The Morgan fingerprint density at radius 1 is 1.50 bits per heavy atom. The zero-order valence-electron chi connectivity index (χ0n) is 8.13. The van der Waals surface area contributed by atoms with Gasteiger partial charge < -0.3 is 10.4 Å². The molecule has 1 atom stereocenters. The van der Waals surface area contributed by atoms with Crippen LogP contribution in [-0.2, 0) is 4.79 Å². The van der Waals surface area contributed by atoms with Crippen LogP contribution >= 0.6 is 0 Å². The molecular formula is C9H19NO2. The van der Waals surface area contributed by atoms with Gasteiger partial charge in [0, 0.05) is 6.42 Å². The van der Waals surface area contributed by atoms with Crippen molar-refractivity contribution in [3.05, 3.63) is 0 Å². The van der Waals surface area contributed by atoms with Gasteiger partial charge in [0.25, 0.3) is 0 Å². The summed E-state index contributed by atoms with van der Waals surface area (Å²) in [5.74, 6) is 0.508. The Hall–Kier alpha value is -0.570. The summed E-state index contributed by atoms with van der Waals surface area (Å²) in [7, 11) is 0. The Balaban J connectivity index is 3.74. The molecule has 0 aromatic carbocycles. The van der Waals surface area contributed by atoms with E-state index in [1.807, 2.05) is 0 Å². The summed E-state index contributed by atoms with van der Waals surface area (Å²) in [6.45, 7) is 5.98. The molecule has 0 spiro atoms. The third-order valence-electron chi connectivity index (χ3n) is 1.66. The summed E-state index contributed by atoms with van der Waals surface area (Å²) in [6, 6.07) is -0.0718. The second-order valence-corrected chi connectivity index (χ2v) is 3.43. The lowest BCUT2D eigenvalue weighted by Crippen LogP contribution is -2.37. The Morgan fingerprint density at radius 3 is 2.42 bits per heavy atom. The SMILES string of the molecule is CCC(=O)N[C@H](CO)CC(C)C. The topological polar surface area (TPSA) is 49.3 Å². The minimum Gasteiger partial charge on any atom is -0.394 e. The lowest BCUT2D eigenvalue weighted by molar-refractivity contribution is -0.121. The third kappa shape index (κ3) is 5.13. The van der Waals surface area contributed by atoms with Gasteiger partial charge in [0.1, 0.15) is 0 Å². The molecule has 72 valence electrons. The highest BCUT2D eigenvalue weighted by Crippen LogP contribution is 2.03. The molecule has 0 aliphatic rings. The molecule has 0 saturated heterocycles. The Bertz CT molecular complexity index is 134. The predicted octanol–water partition coefficient (Wildman–Crippen LogP) is 0.920. The van der Waals surface area contributed by atoms with Gasteiger partial charge in [0.15, 0.2) is 0 Å². The van der Waals surface area contributed by atoms with Gasteiger partial charge in [0.2, 0.25) is 5.91 Å². The van der Waals surface area contributed by atoms with Crippen LogP contribution in [0.25, 0.3) is 0 Å². The van der Waals surface area contributed by atoms with Gasteiger partial charge >= 0.3 is 0 Å². The normalized spacial score (nSPS) is 13.1. The van der Waals surface area contributed by atoms with Gasteiger partial charge in [0.05, 0.1) is 12.6 Å². The molecule has 0 fully saturated rings. The molecule has 0 heterocycles. The van der Waals surface area contributed by atoms with E-state index in [0.29, 0.717) is 12.3 Å². The van der Waals surface area contributed by atoms with E-state index in [9.17, 15) is 4.79 Å². The van der Waals surface area contributed by atoms with Gasteiger partial charge in [-0.2, -0.15) is 0 Å². The van der Waals surface area contributed by atoms with Crippen molar-refractivity contribution >= 4 is 5.91 Å². The molecule has 2 N–H and O–H groups in total. The fourth-order valence-electron chi connectivity index (χ4n) is 1.08. The molecule has 3 nitrogen and oxygen atoms in total. The summed E-state index contributed by atoms with van der Waals surface area (Å²) < 4.78 is 0. The van der Waals surface area contributed by atoms with Crippen LogP contribution in [0.3, 0.4) is 0 Å². The van der Waals surface area contributed by atoms with Gasteiger partial charge in [-0.15, -0.1) is 0 Å². The fourth-order valence-corrected chi connectivity index (χ4v) is 1.08. The second-order valence-electron chi connectivity index (χ2n) is 3.43. The number of aliphatic hydroxyl groups is 1. The first-order chi connectivity index (χ1) is 5.60. The summed E-state index contributed by atoms with van der Waals surface area (Å²) in [4.78, 5) is 10.9. The van der Waals surface area contributed by atoms with Crippen molar-refractivity contribution < 1.29 is 9.90 Å².